The third-order valence-corrected chi connectivity index (χ3v) is 3.99. The van der Waals surface area contributed by atoms with Gasteiger partial charge in [0.1, 0.15) is 0 Å². The standard InChI is InChI=1S/C14H18N4S/c1-18-8-6-16-14(18)17-7-9-19-11-13-5-3-2-4-12(13)10-15/h2-5H,6-9,11H2,1H3,(H,16,17). The van der Waals surface area contributed by atoms with Gasteiger partial charge in [0.25, 0.3) is 0 Å². The lowest BCUT2D eigenvalue weighted by atomic mass is 10.1. The monoisotopic (exact) mass is 274 g/mol. The number of likely N-dealkylation sites (N-methyl/N-ethyl adjacent to an activating group) is 1. The van der Waals surface area contributed by atoms with E-state index in [0.29, 0.717) is 0 Å². The molecule has 100 valence electrons. The van der Waals surface area contributed by atoms with Gasteiger partial charge in [-0.05, 0) is 11.6 Å². The molecule has 0 saturated carbocycles. The molecule has 0 amide bonds. The van der Waals surface area contributed by atoms with Gasteiger partial charge in [-0.25, -0.2) is 0 Å². The van der Waals surface area contributed by atoms with Gasteiger partial charge in [0.05, 0.1) is 18.2 Å². The van der Waals surface area contributed by atoms with E-state index in [1.165, 1.54) is 0 Å². The number of nitrogens with zero attached hydrogens (tertiary/aromatic N) is 3. The van der Waals surface area contributed by atoms with Crippen LogP contribution in [-0.2, 0) is 5.75 Å². The number of rotatable bonds is 5. The summed E-state index contributed by atoms with van der Waals surface area (Å²) in [6, 6.07) is 10.0. The van der Waals surface area contributed by atoms with Crippen molar-refractivity contribution in [2.24, 2.45) is 4.99 Å². The molecule has 0 saturated heterocycles. The Labute approximate surface area is 118 Å². The first-order chi connectivity index (χ1) is 9.31. The van der Waals surface area contributed by atoms with Gasteiger partial charge < -0.3 is 10.2 Å². The lowest BCUT2D eigenvalue weighted by Gasteiger charge is -2.14. The number of thioether (sulfide) groups is 1. The summed E-state index contributed by atoms with van der Waals surface area (Å²) in [7, 11) is 2.05. The highest BCUT2D eigenvalue weighted by molar-refractivity contribution is 7.98. The van der Waals surface area contributed by atoms with Crippen molar-refractivity contribution < 1.29 is 0 Å². The highest BCUT2D eigenvalue weighted by Gasteiger charge is 2.10. The van der Waals surface area contributed by atoms with E-state index in [4.69, 9.17) is 5.26 Å². The Morgan fingerprint density at radius 1 is 1.47 bits per heavy atom. The van der Waals surface area contributed by atoms with Crippen LogP contribution < -0.4 is 5.32 Å². The molecule has 0 unspecified atom stereocenters. The van der Waals surface area contributed by atoms with Gasteiger partial charge in [-0.2, -0.15) is 17.0 Å². The number of nitriles is 1. The molecule has 1 aromatic rings. The summed E-state index contributed by atoms with van der Waals surface area (Å²) in [4.78, 5) is 6.51. The smallest absolute Gasteiger partial charge is 0.193 e. The van der Waals surface area contributed by atoms with E-state index in [9.17, 15) is 0 Å². The minimum absolute atomic E-state index is 0.780. The average Bonchev–Trinajstić information content (AvgIpc) is 2.84. The molecule has 1 aliphatic heterocycles. The molecule has 1 aliphatic rings. The van der Waals surface area contributed by atoms with E-state index in [1.807, 2.05) is 36.0 Å². The van der Waals surface area contributed by atoms with E-state index in [1.54, 1.807) is 0 Å². The zero-order valence-corrected chi connectivity index (χ0v) is 11.9. The maximum Gasteiger partial charge on any atom is 0.193 e. The number of hydrogen-bond acceptors (Lipinski definition) is 5. The Hall–Kier alpha value is -1.67. The Kier molecular flexibility index (Phi) is 5.10. The molecule has 0 radical (unpaired) electrons. The summed E-state index contributed by atoms with van der Waals surface area (Å²) in [5.74, 6) is 2.89. The Balaban J connectivity index is 1.68. The molecule has 4 nitrogen and oxygen atoms in total. The molecule has 2 rings (SSSR count). The van der Waals surface area contributed by atoms with Crippen LogP contribution >= 0.6 is 11.8 Å². The van der Waals surface area contributed by atoms with Crippen molar-refractivity contribution in [3.63, 3.8) is 0 Å². The van der Waals surface area contributed by atoms with E-state index < -0.39 is 0 Å². The third kappa shape index (κ3) is 3.90. The Bertz CT molecular complexity index is 492. The molecule has 0 spiro atoms. The van der Waals surface area contributed by atoms with Gasteiger partial charge in [0, 0.05) is 31.6 Å². The number of aliphatic imine (C=N–C) groups is 1. The molecule has 1 heterocycles. The molecule has 19 heavy (non-hydrogen) atoms. The van der Waals surface area contributed by atoms with Crippen LogP contribution in [0.25, 0.3) is 0 Å². The van der Waals surface area contributed by atoms with Crippen molar-refractivity contribution in [3.8, 4) is 6.07 Å². The van der Waals surface area contributed by atoms with Gasteiger partial charge >= 0.3 is 0 Å². The van der Waals surface area contributed by atoms with Crippen LogP contribution in [0.1, 0.15) is 11.1 Å². The Morgan fingerprint density at radius 3 is 3.05 bits per heavy atom. The maximum absolute atomic E-state index is 9.00. The molecule has 1 aromatic carbocycles. The maximum atomic E-state index is 9.00. The number of hydrogen-bond donors (Lipinski definition) is 1. The molecule has 0 aliphatic carbocycles. The van der Waals surface area contributed by atoms with Crippen LogP contribution in [0.15, 0.2) is 29.3 Å². The second-order valence-corrected chi connectivity index (χ2v) is 5.48. The fourth-order valence-corrected chi connectivity index (χ4v) is 2.76. The number of nitrogens with one attached hydrogen (secondary N) is 1. The van der Waals surface area contributed by atoms with Gasteiger partial charge in [-0.15, -0.1) is 0 Å². The molecule has 1 N–H and O–H groups in total. The zero-order chi connectivity index (χ0) is 13.5. The first-order valence-electron chi connectivity index (χ1n) is 6.36. The normalized spacial score (nSPS) is 14.1. The third-order valence-electron chi connectivity index (χ3n) is 2.98. The van der Waals surface area contributed by atoms with Gasteiger partial charge in [0.2, 0.25) is 0 Å². The van der Waals surface area contributed by atoms with Crippen molar-refractivity contribution in [2.75, 3.05) is 32.4 Å². The minimum atomic E-state index is 0.780. The average molecular weight is 274 g/mol. The van der Waals surface area contributed by atoms with Crippen LogP contribution in [0, 0.1) is 11.3 Å². The van der Waals surface area contributed by atoms with Gasteiger partial charge in [0.15, 0.2) is 5.96 Å². The van der Waals surface area contributed by atoms with Crippen LogP contribution in [0.5, 0.6) is 0 Å². The first kappa shape index (κ1) is 13.8. The predicted octanol–water partition coefficient (Wildman–Crippen LogP) is 1.68. The summed E-state index contributed by atoms with van der Waals surface area (Å²) in [5, 5.41) is 12.3. The molecule has 0 fully saturated rings. The highest BCUT2D eigenvalue weighted by atomic mass is 32.2. The van der Waals surface area contributed by atoms with Gasteiger partial charge in [-0.3, -0.25) is 4.99 Å². The topological polar surface area (TPSA) is 51.4 Å². The van der Waals surface area contributed by atoms with Crippen LogP contribution in [0.2, 0.25) is 0 Å². The second kappa shape index (κ2) is 7.05. The molecule has 0 atom stereocenters. The summed E-state index contributed by atoms with van der Waals surface area (Å²) in [6.07, 6.45) is 0. The summed E-state index contributed by atoms with van der Waals surface area (Å²) in [5.41, 5.74) is 1.90. The van der Waals surface area contributed by atoms with Crippen molar-refractivity contribution in [3.05, 3.63) is 35.4 Å². The molecule has 0 aromatic heterocycles. The van der Waals surface area contributed by atoms with E-state index in [-0.39, 0.29) is 0 Å². The molecular formula is C14H18N4S. The van der Waals surface area contributed by atoms with E-state index in [0.717, 1.165) is 48.2 Å². The SMILES string of the molecule is CN1CCN=C1NCCSCc1ccccc1C#N. The zero-order valence-electron chi connectivity index (χ0n) is 11.1. The summed E-state index contributed by atoms with van der Waals surface area (Å²) < 4.78 is 0. The quantitative estimate of drug-likeness (QED) is 0.830. The fourth-order valence-electron chi connectivity index (χ4n) is 1.90. The number of guanidine groups is 1. The van der Waals surface area contributed by atoms with Crippen LogP contribution in [-0.4, -0.2) is 43.3 Å². The van der Waals surface area contributed by atoms with Crippen LogP contribution in [0.3, 0.4) is 0 Å². The minimum Gasteiger partial charge on any atom is -0.355 e. The molecule has 0 bridgehead atoms. The fraction of sp³-hybridized carbons (Fsp3) is 0.429. The van der Waals surface area contributed by atoms with E-state index >= 15 is 0 Å². The van der Waals surface area contributed by atoms with Crippen molar-refractivity contribution in [1.29, 1.82) is 5.26 Å². The summed E-state index contributed by atoms with van der Waals surface area (Å²) in [6.45, 7) is 2.80. The van der Waals surface area contributed by atoms with Crippen molar-refractivity contribution in [1.82, 2.24) is 10.2 Å². The van der Waals surface area contributed by atoms with Crippen LogP contribution in [0.4, 0.5) is 0 Å². The second-order valence-electron chi connectivity index (χ2n) is 4.38. The van der Waals surface area contributed by atoms with Crippen molar-refractivity contribution in [2.45, 2.75) is 5.75 Å². The molecule has 5 heteroatoms. The van der Waals surface area contributed by atoms with Crippen molar-refractivity contribution >= 4 is 17.7 Å². The largest absolute Gasteiger partial charge is 0.355 e. The highest BCUT2D eigenvalue weighted by Crippen LogP contribution is 2.15. The predicted molar refractivity (Wildman–Crippen MR) is 80.3 cm³/mol. The van der Waals surface area contributed by atoms with Gasteiger partial charge in [-0.1, -0.05) is 18.2 Å². The first-order valence-corrected chi connectivity index (χ1v) is 7.52. The Morgan fingerprint density at radius 2 is 2.32 bits per heavy atom. The lowest BCUT2D eigenvalue weighted by Crippen LogP contribution is -2.36. The summed E-state index contributed by atoms with van der Waals surface area (Å²) >= 11 is 1.83. The van der Waals surface area contributed by atoms with E-state index in [2.05, 4.69) is 28.3 Å². The molecular weight excluding hydrogens is 256 g/mol. The lowest BCUT2D eigenvalue weighted by molar-refractivity contribution is 0.537. The number of benzene rings is 1.